The molecule has 1 atom stereocenters. The van der Waals surface area contributed by atoms with Crippen molar-refractivity contribution >= 4 is 40.1 Å². The van der Waals surface area contributed by atoms with Crippen LogP contribution in [0, 0.1) is 5.82 Å². The monoisotopic (exact) mass is 463 g/mol. The summed E-state index contributed by atoms with van der Waals surface area (Å²) in [5.41, 5.74) is 2.12. The molecular formula is C25H22FN3O3S. The van der Waals surface area contributed by atoms with Gasteiger partial charge in [0.25, 0.3) is 0 Å². The Morgan fingerprint density at radius 2 is 1.76 bits per heavy atom. The number of benzene rings is 3. The number of halogens is 1. The predicted octanol–water partition coefficient (Wildman–Crippen LogP) is 4.99. The van der Waals surface area contributed by atoms with E-state index in [1.807, 2.05) is 54.6 Å². The average molecular weight is 464 g/mol. The van der Waals surface area contributed by atoms with Crippen LogP contribution in [0.4, 0.5) is 15.8 Å². The van der Waals surface area contributed by atoms with E-state index in [2.05, 4.69) is 10.3 Å². The van der Waals surface area contributed by atoms with Crippen LogP contribution in [-0.4, -0.2) is 34.2 Å². The summed E-state index contributed by atoms with van der Waals surface area (Å²) in [7, 11) is 1.60. The highest BCUT2D eigenvalue weighted by Gasteiger charge is 2.39. The lowest BCUT2D eigenvalue weighted by Gasteiger charge is -2.17. The molecule has 4 rings (SSSR count). The molecule has 1 fully saturated rings. The topological polar surface area (TPSA) is 71.0 Å². The fraction of sp³-hybridized carbons (Fsp3) is 0.160. The van der Waals surface area contributed by atoms with Crippen LogP contribution in [0.3, 0.4) is 0 Å². The highest BCUT2D eigenvalue weighted by Crippen LogP contribution is 2.33. The molecule has 1 heterocycles. The van der Waals surface area contributed by atoms with Crippen molar-refractivity contribution in [1.29, 1.82) is 0 Å². The Morgan fingerprint density at radius 3 is 2.42 bits per heavy atom. The van der Waals surface area contributed by atoms with Crippen LogP contribution in [0.1, 0.15) is 12.0 Å². The van der Waals surface area contributed by atoms with Crippen molar-refractivity contribution in [3.8, 4) is 5.75 Å². The van der Waals surface area contributed by atoms with Crippen molar-refractivity contribution in [2.75, 3.05) is 12.4 Å². The molecular weight excluding hydrogens is 441 g/mol. The Morgan fingerprint density at radius 1 is 1.06 bits per heavy atom. The van der Waals surface area contributed by atoms with Crippen molar-refractivity contribution in [3.63, 3.8) is 0 Å². The van der Waals surface area contributed by atoms with Crippen molar-refractivity contribution in [2.45, 2.75) is 18.2 Å². The van der Waals surface area contributed by atoms with Gasteiger partial charge in [0, 0.05) is 12.1 Å². The minimum Gasteiger partial charge on any atom is -0.497 e. The Bertz CT molecular complexity index is 1150. The molecule has 2 amide bonds. The summed E-state index contributed by atoms with van der Waals surface area (Å²) in [6.07, 6.45) is -0.0200. The lowest BCUT2D eigenvalue weighted by Crippen LogP contribution is -2.33. The Hall–Kier alpha value is -3.65. The minimum atomic E-state index is -0.605. The molecule has 33 heavy (non-hydrogen) atoms. The lowest BCUT2D eigenvalue weighted by atomic mass is 10.2. The van der Waals surface area contributed by atoms with Crippen LogP contribution in [0.5, 0.6) is 5.75 Å². The van der Waals surface area contributed by atoms with Crippen LogP contribution < -0.4 is 10.1 Å². The number of amidine groups is 1. The second kappa shape index (κ2) is 10.3. The third-order valence-corrected chi connectivity index (χ3v) is 6.17. The normalized spacial score (nSPS) is 16.8. The summed E-state index contributed by atoms with van der Waals surface area (Å²) in [5, 5.41) is 2.65. The van der Waals surface area contributed by atoms with Gasteiger partial charge in [0.15, 0.2) is 5.17 Å². The zero-order valence-corrected chi connectivity index (χ0v) is 18.7. The number of thioether (sulfide) groups is 1. The van der Waals surface area contributed by atoms with E-state index in [0.717, 1.165) is 17.0 Å². The van der Waals surface area contributed by atoms with Gasteiger partial charge in [0.2, 0.25) is 11.8 Å². The summed E-state index contributed by atoms with van der Waals surface area (Å²) in [6, 6.07) is 22.3. The zero-order valence-electron chi connectivity index (χ0n) is 17.9. The zero-order chi connectivity index (χ0) is 23.2. The highest BCUT2D eigenvalue weighted by molar-refractivity contribution is 8.15. The van der Waals surface area contributed by atoms with Gasteiger partial charge in [-0.15, -0.1) is 0 Å². The number of nitrogens with one attached hydrogen (secondary N) is 1. The molecule has 0 aliphatic carbocycles. The molecule has 8 heteroatoms. The summed E-state index contributed by atoms with van der Waals surface area (Å²) in [6.45, 7) is 0.331. The number of aliphatic imine (C=N–C) groups is 1. The van der Waals surface area contributed by atoms with Gasteiger partial charge in [-0.05, 0) is 54.1 Å². The van der Waals surface area contributed by atoms with E-state index in [0.29, 0.717) is 17.4 Å². The maximum atomic E-state index is 13.2. The van der Waals surface area contributed by atoms with Crippen LogP contribution in [0.25, 0.3) is 0 Å². The molecule has 3 aromatic rings. The molecule has 1 N–H and O–H groups in total. The number of ether oxygens (including phenoxy) is 1. The maximum absolute atomic E-state index is 13.2. The molecule has 0 saturated carbocycles. The summed E-state index contributed by atoms with van der Waals surface area (Å²) in [4.78, 5) is 32.1. The van der Waals surface area contributed by atoms with Crippen molar-refractivity contribution in [2.24, 2.45) is 4.99 Å². The predicted molar refractivity (Wildman–Crippen MR) is 128 cm³/mol. The lowest BCUT2D eigenvalue weighted by molar-refractivity contribution is -0.128. The number of carbonyl (C=O) groups excluding carboxylic acids is 2. The van der Waals surface area contributed by atoms with E-state index in [-0.39, 0.29) is 24.1 Å². The van der Waals surface area contributed by atoms with E-state index in [1.54, 1.807) is 12.0 Å². The second-order valence-corrected chi connectivity index (χ2v) is 8.54. The van der Waals surface area contributed by atoms with Crippen molar-refractivity contribution in [3.05, 3.63) is 90.2 Å². The van der Waals surface area contributed by atoms with Gasteiger partial charge < -0.3 is 10.1 Å². The summed E-state index contributed by atoms with van der Waals surface area (Å²) in [5.74, 6) is -0.155. The summed E-state index contributed by atoms with van der Waals surface area (Å²) < 4.78 is 18.3. The molecule has 3 aromatic carbocycles. The Labute approximate surface area is 195 Å². The number of rotatable bonds is 7. The smallest absolute Gasteiger partial charge is 0.242 e. The van der Waals surface area contributed by atoms with Gasteiger partial charge >= 0.3 is 0 Å². The fourth-order valence-corrected chi connectivity index (χ4v) is 4.47. The highest BCUT2D eigenvalue weighted by atomic mass is 32.2. The molecule has 1 unspecified atom stereocenters. The molecule has 6 nitrogen and oxygen atoms in total. The standard InChI is InChI=1S/C25H22FN3O3S/c1-32-21-13-7-17(8-14-21)16-29-24(31)22(33-25(29)28-19-5-3-2-4-6-19)15-23(30)27-20-11-9-18(26)10-12-20/h2-14,22H,15-16H2,1H3,(H,27,30). The Kier molecular flexibility index (Phi) is 7.04. The quantitative estimate of drug-likeness (QED) is 0.536. The van der Waals surface area contributed by atoms with Crippen LogP contribution >= 0.6 is 11.8 Å². The first-order valence-corrected chi connectivity index (χ1v) is 11.2. The van der Waals surface area contributed by atoms with Gasteiger partial charge in [-0.2, -0.15) is 0 Å². The average Bonchev–Trinajstić information content (AvgIpc) is 3.10. The third-order valence-electron chi connectivity index (χ3n) is 5.00. The van der Waals surface area contributed by atoms with E-state index >= 15 is 0 Å². The maximum Gasteiger partial charge on any atom is 0.242 e. The number of hydrogen-bond donors (Lipinski definition) is 1. The largest absolute Gasteiger partial charge is 0.497 e. The second-order valence-electron chi connectivity index (χ2n) is 7.37. The SMILES string of the molecule is COc1ccc(CN2C(=O)C(CC(=O)Nc3ccc(F)cc3)SC2=Nc2ccccc2)cc1. The number of nitrogens with zero attached hydrogens (tertiary/aromatic N) is 2. The molecule has 0 aromatic heterocycles. The fourth-order valence-electron chi connectivity index (χ4n) is 3.31. The summed E-state index contributed by atoms with van der Waals surface area (Å²) >= 11 is 1.27. The molecule has 0 spiro atoms. The number of methoxy groups -OCH3 is 1. The first-order valence-electron chi connectivity index (χ1n) is 10.3. The number of carbonyl (C=O) groups is 2. The first kappa shape index (κ1) is 22.5. The molecule has 0 radical (unpaired) electrons. The van der Waals surface area contributed by atoms with Gasteiger partial charge in [-0.3, -0.25) is 14.5 Å². The van der Waals surface area contributed by atoms with Gasteiger partial charge in [-0.1, -0.05) is 42.1 Å². The molecule has 1 aliphatic heterocycles. The van der Waals surface area contributed by atoms with Crippen molar-refractivity contribution in [1.82, 2.24) is 4.90 Å². The van der Waals surface area contributed by atoms with Crippen LogP contribution in [-0.2, 0) is 16.1 Å². The van der Waals surface area contributed by atoms with Gasteiger partial charge in [-0.25, -0.2) is 9.38 Å². The molecule has 0 bridgehead atoms. The van der Waals surface area contributed by atoms with E-state index in [4.69, 9.17) is 4.74 Å². The number of amides is 2. The van der Waals surface area contributed by atoms with E-state index < -0.39 is 5.25 Å². The van der Waals surface area contributed by atoms with E-state index in [1.165, 1.54) is 36.0 Å². The number of hydrogen-bond acceptors (Lipinski definition) is 5. The van der Waals surface area contributed by atoms with Crippen molar-refractivity contribution < 1.29 is 18.7 Å². The minimum absolute atomic E-state index is 0.0200. The molecule has 168 valence electrons. The first-order chi connectivity index (χ1) is 16.0. The van der Waals surface area contributed by atoms with Gasteiger partial charge in [0.1, 0.15) is 16.8 Å². The number of anilines is 1. The van der Waals surface area contributed by atoms with Gasteiger partial charge in [0.05, 0.1) is 19.3 Å². The van der Waals surface area contributed by atoms with E-state index in [9.17, 15) is 14.0 Å². The van der Waals surface area contributed by atoms with Crippen LogP contribution in [0.2, 0.25) is 0 Å². The Balaban J connectivity index is 1.52. The molecule has 1 saturated heterocycles. The third kappa shape index (κ3) is 5.78. The van der Waals surface area contributed by atoms with Crippen LogP contribution in [0.15, 0.2) is 83.9 Å². The molecule has 1 aliphatic rings. The number of para-hydroxylation sites is 1.